The van der Waals surface area contributed by atoms with Gasteiger partial charge in [-0.25, -0.2) is 4.98 Å². The van der Waals surface area contributed by atoms with E-state index in [0.29, 0.717) is 42.6 Å². The number of fused-ring (bicyclic) bond motifs is 1. The van der Waals surface area contributed by atoms with E-state index in [1.54, 1.807) is 31.5 Å². The van der Waals surface area contributed by atoms with Crippen LogP contribution >= 0.6 is 0 Å². The second-order valence-electron chi connectivity index (χ2n) is 8.50. The zero-order valence-electron chi connectivity index (χ0n) is 18.5. The molecule has 1 aliphatic heterocycles. The summed E-state index contributed by atoms with van der Waals surface area (Å²) in [6.07, 6.45) is 6.02. The number of rotatable bonds is 7. The molecule has 8 nitrogen and oxygen atoms in total. The van der Waals surface area contributed by atoms with E-state index in [1.807, 2.05) is 18.2 Å². The fourth-order valence-corrected chi connectivity index (χ4v) is 4.19. The minimum atomic E-state index is -0.215. The number of hydrogen-bond donors (Lipinski definition) is 2. The average molecular weight is 447 g/mol. The number of hydrogen-bond acceptors (Lipinski definition) is 6. The van der Waals surface area contributed by atoms with Gasteiger partial charge in [-0.15, -0.1) is 0 Å². The molecule has 33 heavy (non-hydrogen) atoms. The fraction of sp³-hybridized carbons (Fsp3) is 0.360. The molecule has 1 fully saturated rings. The van der Waals surface area contributed by atoms with Gasteiger partial charge >= 0.3 is 0 Å². The lowest BCUT2D eigenvalue weighted by molar-refractivity contribution is -0.122. The molecule has 5 rings (SSSR count). The first kappa shape index (κ1) is 21.2. The van der Waals surface area contributed by atoms with Gasteiger partial charge in [0.2, 0.25) is 5.91 Å². The summed E-state index contributed by atoms with van der Waals surface area (Å²) in [6, 6.07) is 9.38. The molecule has 1 saturated carbocycles. The van der Waals surface area contributed by atoms with Crippen LogP contribution < -0.4 is 20.3 Å². The van der Waals surface area contributed by atoms with Crippen LogP contribution in [0.1, 0.15) is 42.1 Å². The van der Waals surface area contributed by atoms with Crippen molar-refractivity contribution in [3.05, 3.63) is 69.9 Å². The molecule has 1 aromatic carbocycles. The highest BCUT2D eigenvalue weighted by Crippen LogP contribution is 2.43. The zero-order chi connectivity index (χ0) is 22.8. The Hall–Kier alpha value is -3.68. The predicted octanol–water partition coefficient (Wildman–Crippen LogP) is 3.11. The summed E-state index contributed by atoms with van der Waals surface area (Å²) in [7, 11) is 0. The van der Waals surface area contributed by atoms with E-state index < -0.39 is 0 Å². The van der Waals surface area contributed by atoms with E-state index >= 15 is 0 Å². The fourth-order valence-electron chi connectivity index (χ4n) is 4.19. The van der Waals surface area contributed by atoms with Gasteiger partial charge in [-0.3, -0.25) is 14.6 Å². The van der Waals surface area contributed by atoms with Crippen molar-refractivity contribution in [3.63, 3.8) is 0 Å². The van der Waals surface area contributed by atoms with Gasteiger partial charge in [0.05, 0.1) is 6.04 Å². The van der Waals surface area contributed by atoms with Crippen LogP contribution in [0.5, 0.6) is 11.5 Å². The molecule has 2 N–H and O–H groups in total. The van der Waals surface area contributed by atoms with Crippen molar-refractivity contribution < 1.29 is 14.3 Å². The quantitative estimate of drug-likeness (QED) is 0.578. The molecule has 170 valence electrons. The third-order valence-corrected chi connectivity index (χ3v) is 6.11. The lowest BCUT2D eigenvalue weighted by atomic mass is 10.0. The normalized spacial score (nSPS) is 15.7. The highest BCUT2D eigenvalue weighted by atomic mass is 16.6. The number of nitrogens with one attached hydrogen (secondary N) is 2. The van der Waals surface area contributed by atoms with Crippen molar-refractivity contribution in [2.45, 2.75) is 38.6 Å². The molecule has 2 aliphatic rings. The number of carbonyl (C=O) groups is 1. The maximum absolute atomic E-state index is 12.8. The molecule has 1 unspecified atom stereocenters. The molecule has 1 atom stereocenters. The number of H-pyrrole nitrogens is 1. The first-order valence-electron chi connectivity index (χ1n) is 11.3. The summed E-state index contributed by atoms with van der Waals surface area (Å²) in [5, 5.41) is 3.17. The van der Waals surface area contributed by atoms with Crippen LogP contribution in [0, 0.1) is 12.8 Å². The zero-order valence-corrected chi connectivity index (χ0v) is 18.5. The maximum Gasteiger partial charge on any atom is 0.254 e. The molecule has 3 aromatic rings. The van der Waals surface area contributed by atoms with Gasteiger partial charge < -0.3 is 19.8 Å². The summed E-state index contributed by atoms with van der Waals surface area (Å²) >= 11 is 0. The molecule has 0 bridgehead atoms. The maximum atomic E-state index is 12.8. The van der Waals surface area contributed by atoms with Gasteiger partial charge in [-0.05, 0) is 61.9 Å². The number of aromatic amines is 1. The van der Waals surface area contributed by atoms with Gasteiger partial charge in [-0.2, -0.15) is 0 Å². The Labute approximate surface area is 191 Å². The van der Waals surface area contributed by atoms with E-state index in [-0.39, 0.29) is 23.9 Å². The van der Waals surface area contributed by atoms with Crippen LogP contribution in [0.15, 0.2) is 47.5 Å². The van der Waals surface area contributed by atoms with Crippen molar-refractivity contribution in [1.29, 1.82) is 0 Å². The molecular formula is C25H26N4O4. The molecule has 8 heteroatoms. The van der Waals surface area contributed by atoms with Gasteiger partial charge in [0.15, 0.2) is 11.5 Å². The molecule has 1 amide bonds. The van der Waals surface area contributed by atoms with Crippen LogP contribution in [0.2, 0.25) is 0 Å². The van der Waals surface area contributed by atoms with Gasteiger partial charge in [-0.1, -0.05) is 6.07 Å². The highest BCUT2D eigenvalue weighted by molar-refractivity contribution is 5.77. The van der Waals surface area contributed by atoms with Crippen LogP contribution in [-0.2, 0) is 11.2 Å². The standard InChI is InChI=1S/C25H26N4O4/c1-15-19(25(31)29-24(27-15)17-8-10-26-11-9-17)5-7-22(30)28-23(16-2-3-16)18-4-6-20-21(14-18)33-13-12-32-20/h4,6,8-11,14,16,23H,2-3,5,7,12-13H2,1H3,(H,28,30)(H,27,29,31). The van der Waals surface area contributed by atoms with Crippen LogP contribution in [0.3, 0.4) is 0 Å². The van der Waals surface area contributed by atoms with E-state index in [0.717, 1.165) is 35.5 Å². The molecule has 3 heterocycles. The van der Waals surface area contributed by atoms with Crippen molar-refractivity contribution in [2.75, 3.05) is 13.2 Å². The lowest BCUT2D eigenvalue weighted by Gasteiger charge is -2.23. The number of carbonyl (C=O) groups excluding carboxylic acids is 1. The van der Waals surface area contributed by atoms with Crippen LogP contribution in [-0.4, -0.2) is 34.1 Å². The van der Waals surface area contributed by atoms with E-state index in [9.17, 15) is 9.59 Å². The van der Waals surface area contributed by atoms with E-state index in [4.69, 9.17) is 9.47 Å². The third-order valence-electron chi connectivity index (χ3n) is 6.11. The molecule has 2 aromatic heterocycles. The number of ether oxygens (including phenoxy) is 2. The first-order chi connectivity index (χ1) is 16.1. The predicted molar refractivity (Wildman–Crippen MR) is 122 cm³/mol. The SMILES string of the molecule is Cc1nc(-c2ccncc2)[nH]c(=O)c1CCC(=O)NC(c1ccc2c(c1)OCCO2)C1CC1. The van der Waals surface area contributed by atoms with E-state index in [1.165, 1.54) is 0 Å². The van der Waals surface area contributed by atoms with Crippen molar-refractivity contribution in [3.8, 4) is 22.9 Å². The molecular weight excluding hydrogens is 420 g/mol. The van der Waals surface area contributed by atoms with Crippen LogP contribution in [0.25, 0.3) is 11.4 Å². The summed E-state index contributed by atoms with van der Waals surface area (Å²) < 4.78 is 11.3. The molecule has 0 radical (unpaired) electrons. The summed E-state index contributed by atoms with van der Waals surface area (Å²) in [4.78, 5) is 36.8. The minimum Gasteiger partial charge on any atom is -0.486 e. The van der Waals surface area contributed by atoms with Crippen LogP contribution in [0.4, 0.5) is 0 Å². The largest absolute Gasteiger partial charge is 0.486 e. The Morgan fingerprint density at radius 2 is 1.91 bits per heavy atom. The van der Waals surface area contributed by atoms with Crippen molar-refractivity contribution in [2.24, 2.45) is 5.92 Å². The summed E-state index contributed by atoms with van der Waals surface area (Å²) in [5.74, 6) is 2.30. The second-order valence-corrected chi connectivity index (χ2v) is 8.50. The highest BCUT2D eigenvalue weighted by Gasteiger charge is 2.34. The molecule has 0 saturated heterocycles. The van der Waals surface area contributed by atoms with Crippen molar-refractivity contribution in [1.82, 2.24) is 20.3 Å². The Morgan fingerprint density at radius 1 is 1.15 bits per heavy atom. The number of aryl methyl sites for hydroxylation is 1. The Bertz CT molecular complexity index is 1220. The average Bonchev–Trinajstić information content (AvgIpc) is 3.67. The summed E-state index contributed by atoms with van der Waals surface area (Å²) in [6.45, 7) is 2.88. The minimum absolute atomic E-state index is 0.0695. The third kappa shape index (κ3) is 4.74. The topological polar surface area (TPSA) is 106 Å². The van der Waals surface area contributed by atoms with Gasteiger partial charge in [0.1, 0.15) is 19.0 Å². The van der Waals surface area contributed by atoms with Gasteiger partial charge in [0.25, 0.3) is 5.56 Å². The number of aromatic nitrogens is 3. The number of amides is 1. The smallest absolute Gasteiger partial charge is 0.254 e. The second kappa shape index (κ2) is 9.05. The molecule has 1 aliphatic carbocycles. The van der Waals surface area contributed by atoms with Gasteiger partial charge in [0, 0.05) is 35.6 Å². The number of pyridine rings is 1. The first-order valence-corrected chi connectivity index (χ1v) is 11.3. The van der Waals surface area contributed by atoms with Crippen molar-refractivity contribution >= 4 is 5.91 Å². The number of benzene rings is 1. The van der Waals surface area contributed by atoms with E-state index in [2.05, 4.69) is 20.3 Å². The Kier molecular flexibility index (Phi) is 5.81. The lowest BCUT2D eigenvalue weighted by Crippen LogP contribution is -2.31. The number of nitrogens with zero attached hydrogens (tertiary/aromatic N) is 2. The summed E-state index contributed by atoms with van der Waals surface area (Å²) in [5.41, 5.74) is 2.76. The Morgan fingerprint density at radius 3 is 2.64 bits per heavy atom. The monoisotopic (exact) mass is 446 g/mol. The molecule has 0 spiro atoms. The Balaban J connectivity index is 1.27.